The predicted molar refractivity (Wildman–Crippen MR) is 111 cm³/mol. The molecule has 0 aliphatic heterocycles. The summed E-state index contributed by atoms with van der Waals surface area (Å²) >= 11 is 0. The van der Waals surface area contributed by atoms with Crippen LogP contribution in [0.2, 0.25) is 0 Å². The third-order valence-corrected chi connectivity index (χ3v) is 4.50. The van der Waals surface area contributed by atoms with Crippen LogP contribution in [0.25, 0.3) is 11.3 Å². The van der Waals surface area contributed by atoms with E-state index in [0.29, 0.717) is 6.54 Å². The second-order valence-electron chi connectivity index (χ2n) is 6.69. The maximum absolute atomic E-state index is 10.6. The van der Waals surface area contributed by atoms with Gasteiger partial charge in [-0.15, -0.1) is 0 Å². The SMILES string of the molecule is O=C(O)NCCCN(Cc1ccccc1)Cc1ccc(-c2ccccn2)cc1. The van der Waals surface area contributed by atoms with Gasteiger partial charge < -0.3 is 10.4 Å². The highest BCUT2D eigenvalue weighted by molar-refractivity contribution is 5.64. The van der Waals surface area contributed by atoms with Gasteiger partial charge in [0.05, 0.1) is 5.69 Å². The maximum Gasteiger partial charge on any atom is 0.404 e. The summed E-state index contributed by atoms with van der Waals surface area (Å²) in [6.45, 7) is 2.91. The normalized spacial score (nSPS) is 10.8. The lowest BCUT2D eigenvalue weighted by atomic mass is 10.1. The van der Waals surface area contributed by atoms with Crippen molar-refractivity contribution in [3.63, 3.8) is 0 Å². The maximum atomic E-state index is 10.6. The van der Waals surface area contributed by atoms with E-state index in [2.05, 4.69) is 51.6 Å². The van der Waals surface area contributed by atoms with Gasteiger partial charge in [-0.1, -0.05) is 60.7 Å². The van der Waals surface area contributed by atoms with Gasteiger partial charge in [-0.3, -0.25) is 9.88 Å². The van der Waals surface area contributed by atoms with Crippen molar-refractivity contribution in [1.82, 2.24) is 15.2 Å². The summed E-state index contributed by atoms with van der Waals surface area (Å²) in [6.07, 6.45) is 1.60. The zero-order valence-electron chi connectivity index (χ0n) is 15.8. The molecular formula is C23H25N3O2. The van der Waals surface area contributed by atoms with Gasteiger partial charge in [-0.2, -0.15) is 0 Å². The van der Waals surface area contributed by atoms with Gasteiger partial charge in [0.25, 0.3) is 0 Å². The molecule has 1 amide bonds. The van der Waals surface area contributed by atoms with E-state index in [9.17, 15) is 4.79 Å². The molecule has 0 fully saturated rings. The lowest BCUT2D eigenvalue weighted by molar-refractivity contribution is 0.192. The van der Waals surface area contributed by atoms with Crippen molar-refractivity contribution in [1.29, 1.82) is 0 Å². The molecule has 0 unspecified atom stereocenters. The highest BCUT2D eigenvalue weighted by atomic mass is 16.4. The van der Waals surface area contributed by atoms with E-state index in [0.717, 1.165) is 37.3 Å². The summed E-state index contributed by atoms with van der Waals surface area (Å²) in [5, 5.41) is 11.2. The first-order valence-electron chi connectivity index (χ1n) is 9.44. The van der Waals surface area contributed by atoms with Crippen LogP contribution in [0.1, 0.15) is 17.5 Å². The second kappa shape index (κ2) is 10.2. The number of carbonyl (C=O) groups is 1. The minimum absolute atomic E-state index is 0.458. The van der Waals surface area contributed by atoms with Gasteiger partial charge >= 0.3 is 6.09 Å². The fourth-order valence-corrected chi connectivity index (χ4v) is 3.13. The highest BCUT2D eigenvalue weighted by Gasteiger charge is 2.08. The van der Waals surface area contributed by atoms with Crippen LogP contribution in [0.15, 0.2) is 79.0 Å². The number of amides is 1. The van der Waals surface area contributed by atoms with Crippen molar-refractivity contribution in [3.8, 4) is 11.3 Å². The summed E-state index contributed by atoms with van der Waals surface area (Å²) in [4.78, 5) is 17.4. The van der Waals surface area contributed by atoms with Crippen LogP contribution < -0.4 is 5.32 Å². The number of rotatable bonds is 9. The van der Waals surface area contributed by atoms with E-state index in [-0.39, 0.29) is 0 Å². The Morgan fingerprint density at radius 2 is 1.57 bits per heavy atom. The van der Waals surface area contributed by atoms with E-state index in [1.54, 1.807) is 6.20 Å². The number of benzene rings is 2. The zero-order valence-corrected chi connectivity index (χ0v) is 15.8. The molecule has 0 radical (unpaired) electrons. The Morgan fingerprint density at radius 3 is 2.21 bits per heavy atom. The molecule has 5 nitrogen and oxygen atoms in total. The van der Waals surface area contributed by atoms with Crippen molar-refractivity contribution >= 4 is 6.09 Å². The molecule has 0 aliphatic rings. The minimum atomic E-state index is -0.972. The Labute approximate surface area is 165 Å². The fourth-order valence-electron chi connectivity index (χ4n) is 3.13. The fraction of sp³-hybridized carbons (Fsp3) is 0.217. The van der Waals surface area contributed by atoms with E-state index in [1.165, 1.54) is 11.1 Å². The molecule has 2 N–H and O–H groups in total. The van der Waals surface area contributed by atoms with Crippen molar-refractivity contribution < 1.29 is 9.90 Å². The van der Waals surface area contributed by atoms with Gasteiger partial charge in [-0.25, -0.2) is 4.79 Å². The number of nitrogens with one attached hydrogen (secondary N) is 1. The third kappa shape index (κ3) is 6.21. The minimum Gasteiger partial charge on any atom is -0.465 e. The standard InChI is InChI=1S/C23H25N3O2/c27-23(28)25-15-6-16-26(17-19-7-2-1-3-8-19)18-20-10-12-21(13-11-20)22-9-4-5-14-24-22/h1-5,7-14,25H,6,15-18H2,(H,27,28). The zero-order chi connectivity index (χ0) is 19.6. The molecule has 144 valence electrons. The van der Waals surface area contributed by atoms with Gasteiger partial charge in [0.1, 0.15) is 0 Å². The van der Waals surface area contributed by atoms with Crippen molar-refractivity contribution in [2.24, 2.45) is 0 Å². The van der Waals surface area contributed by atoms with Gasteiger partial charge in [0, 0.05) is 37.9 Å². The van der Waals surface area contributed by atoms with E-state index in [4.69, 9.17) is 5.11 Å². The van der Waals surface area contributed by atoms with Crippen molar-refractivity contribution in [2.75, 3.05) is 13.1 Å². The summed E-state index contributed by atoms with van der Waals surface area (Å²) in [6, 6.07) is 24.7. The van der Waals surface area contributed by atoms with E-state index in [1.807, 2.05) is 36.4 Å². The number of carboxylic acid groups (broad SMARTS) is 1. The molecule has 5 heteroatoms. The van der Waals surface area contributed by atoms with Crippen LogP contribution in [0.3, 0.4) is 0 Å². The topological polar surface area (TPSA) is 65.5 Å². The molecule has 0 spiro atoms. The highest BCUT2D eigenvalue weighted by Crippen LogP contribution is 2.18. The quantitative estimate of drug-likeness (QED) is 0.544. The molecular weight excluding hydrogens is 350 g/mol. The number of pyridine rings is 1. The predicted octanol–water partition coefficient (Wildman–Crippen LogP) is 4.41. The number of nitrogens with zero attached hydrogens (tertiary/aromatic N) is 2. The average molecular weight is 375 g/mol. The van der Waals surface area contributed by atoms with Gasteiger partial charge in [0.15, 0.2) is 0 Å². The van der Waals surface area contributed by atoms with E-state index < -0.39 is 6.09 Å². The molecule has 1 aromatic heterocycles. The van der Waals surface area contributed by atoms with Crippen LogP contribution in [0.4, 0.5) is 4.79 Å². The molecule has 0 saturated carbocycles. The molecule has 3 rings (SSSR count). The first-order valence-corrected chi connectivity index (χ1v) is 9.44. The molecule has 0 saturated heterocycles. The number of hydrogen-bond donors (Lipinski definition) is 2. The van der Waals surface area contributed by atoms with Crippen LogP contribution in [0.5, 0.6) is 0 Å². The number of hydrogen-bond acceptors (Lipinski definition) is 3. The Bertz CT molecular complexity index is 852. The molecule has 2 aromatic carbocycles. The number of aromatic nitrogens is 1. The molecule has 3 aromatic rings. The Hall–Kier alpha value is -3.18. The molecule has 1 heterocycles. The Kier molecular flexibility index (Phi) is 7.15. The lowest BCUT2D eigenvalue weighted by Crippen LogP contribution is -2.28. The summed E-state index contributed by atoms with van der Waals surface area (Å²) < 4.78 is 0. The first kappa shape index (κ1) is 19.6. The van der Waals surface area contributed by atoms with Gasteiger partial charge in [-0.05, 0) is 29.7 Å². The summed E-state index contributed by atoms with van der Waals surface area (Å²) in [5.41, 5.74) is 4.54. The molecule has 0 aliphatic carbocycles. The Balaban J connectivity index is 1.64. The Morgan fingerprint density at radius 1 is 0.893 bits per heavy atom. The average Bonchev–Trinajstić information content (AvgIpc) is 2.73. The largest absolute Gasteiger partial charge is 0.465 e. The van der Waals surface area contributed by atoms with Crippen LogP contribution in [0, 0.1) is 0 Å². The van der Waals surface area contributed by atoms with Crippen LogP contribution in [-0.2, 0) is 13.1 Å². The molecule has 28 heavy (non-hydrogen) atoms. The van der Waals surface area contributed by atoms with Crippen molar-refractivity contribution in [3.05, 3.63) is 90.1 Å². The van der Waals surface area contributed by atoms with Crippen LogP contribution >= 0.6 is 0 Å². The lowest BCUT2D eigenvalue weighted by Gasteiger charge is -2.23. The monoisotopic (exact) mass is 375 g/mol. The molecule has 0 atom stereocenters. The molecule has 0 bridgehead atoms. The van der Waals surface area contributed by atoms with E-state index >= 15 is 0 Å². The third-order valence-electron chi connectivity index (χ3n) is 4.50. The van der Waals surface area contributed by atoms with Gasteiger partial charge in [0.2, 0.25) is 0 Å². The smallest absolute Gasteiger partial charge is 0.404 e. The summed E-state index contributed by atoms with van der Waals surface area (Å²) in [7, 11) is 0. The first-order chi connectivity index (χ1) is 13.7. The summed E-state index contributed by atoms with van der Waals surface area (Å²) in [5.74, 6) is 0. The van der Waals surface area contributed by atoms with Crippen molar-refractivity contribution in [2.45, 2.75) is 19.5 Å². The van der Waals surface area contributed by atoms with Crippen LogP contribution in [-0.4, -0.2) is 34.2 Å². The second-order valence-corrected chi connectivity index (χ2v) is 6.69.